The Morgan fingerprint density at radius 3 is 0.952 bits per heavy atom. The van der Waals surface area contributed by atoms with Crippen LogP contribution >= 0.6 is 7.92 Å². The Morgan fingerprint density at radius 1 is 0.476 bits per heavy atom. The van der Waals surface area contributed by atoms with Gasteiger partial charge in [-0.15, -0.1) is 0 Å². The second-order valence-electron chi connectivity index (χ2n) is 7.32. The van der Waals surface area contributed by atoms with Gasteiger partial charge in [-0.05, 0) is 55.5 Å². The molecule has 0 radical (unpaired) electrons. The fraction of sp³-hybridized carbons (Fsp3) is 1.00. The van der Waals surface area contributed by atoms with Gasteiger partial charge in [-0.1, -0.05) is 65.7 Å². The molecule has 0 aromatic heterocycles. The van der Waals surface area contributed by atoms with Gasteiger partial charge in [-0.25, -0.2) is 0 Å². The van der Waals surface area contributed by atoms with Crippen LogP contribution in [-0.2, 0) is 19.2 Å². The van der Waals surface area contributed by atoms with Crippen LogP contribution in [0.15, 0.2) is 0 Å². The minimum atomic E-state index is 0.385. The van der Waals surface area contributed by atoms with Crippen molar-refractivity contribution in [3.05, 3.63) is 0 Å². The molecule has 3 rings (SSSR count). The molecule has 0 aromatic rings. The topological polar surface area (TPSA) is 0 Å². The molecule has 2 heteroatoms. The first-order chi connectivity index (χ1) is 10.4. The zero-order chi connectivity index (χ0) is 14.9. The molecule has 0 aliphatic heterocycles. The summed E-state index contributed by atoms with van der Waals surface area (Å²) in [6.07, 6.45) is 23.6. The van der Waals surface area contributed by atoms with E-state index in [2.05, 4.69) is 19.2 Å². The minimum absolute atomic E-state index is 0.385. The molecule has 3 aliphatic rings. The van der Waals surface area contributed by atoms with E-state index in [1.54, 1.807) is 77.0 Å². The second-order valence-corrected chi connectivity index (χ2v) is 10.4. The Labute approximate surface area is 145 Å². The van der Waals surface area contributed by atoms with Gasteiger partial charge >= 0.3 is 24.6 Å². The summed E-state index contributed by atoms with van der Waals surface area (Å²) in [7, 11) is 0.385. The summed E-state index contributed by atoms with van der Waals surface area (Å²) >= 11 is 2.75. The van der Waals surface area contributed by atoms with Crippen molar-refractivity contribution < 1.29 is 19.2 Å². The fourth-order valence-electron chi connectivity index (χ4n) is 5.03. The van der Waals surface area contributed by atoms with Crippen molar-refractivity contribution >= 4 is 7.92 Å². The predicted octanol–water partition coefficient (Wildman–Crippen LogP) is 7.05. The van der Waals surface area contributed by atoms with E-state index >= 15 is 0 Å². The zero-order valence-corrected chi connectivity index (χ0v) is 16.6. The first-order valence-electron chi connectivity index (χ1n) is 9.54. The summed E-state index contributed by atoms with van der Waals surface area (Å²) in [5, 5.41) is 1.85. The van der Waals surface area contributed by atoms with Gasteiger partial charge < -0.3 is 0 Å². The number of hydrogen-bond acceptors (Lipinski definition) is 0. The van der Waals surface area contributed by atoms with E-state index < -0.39 is 0 Å². The van der Waals surface area contributed by atoms with Crippen LogP contribution in [0.5, 0.6) is 0 Å². The first kappa shape index (κ1) is 18.4. The van der Waals surface area contributed by atoms with Crippen LogP contribution in [0, 0.1) is 0 Å². The van der Waals surface area contributed by atoms with Crippen molar-refractivity contribution in [3.8, 4) is 0 Å². The molecule has 0 heterocycles. The van der Waals surface area contributed by atoms with Crippen LogP contribution < -0.4 is 0 Å². The number of rotatable bonds is 3. The average molecular weight is 402 g/mol. The fourth-order valence-corrected chi connectivity index (χ4v) is 9.71. The van der Waals surface area contributed by atoms with Crippen molar-refractivity contribution in [2.75, 3.05) is 0 Å². The van der Waals surface area contributed by atoms with E-state index in [1.165, 1.54) is 36.2 Å². The quantitative estimate of drug-likeness (QED) is 0.351. The first-order valence-corrected chi connectivity index (χ1v) is 12.6. The molecule has 0 atom stereocenters. The monoisotopic (exact) mass is 401 g/mol. The van der Waals surface area contributed by atoms with Gasteiger partial charge in [0.2, 0.25) is 0 Å². The summed E-state index contributed by atoms with van der Waals surface area (Å²) in [6.45, 7) is 0. The molecule has 0 unspecified atom stereocenters. The van der Waals surface area contributed by atoms with Crippen molar-refractivity contribution in [1.29, 1.82) is 0 Å². The van der Waals surface area contributed by atoms with Crippen LogP contribution in [0.4, 0.5) is 0 Å². The predicted molar refractivity (Wildman–Crippen MR) is 93.4 cm³/mol. The van der Waals surface area contributed by atoms with Crippen molar-refractivity contribution in [1.82, 2.24) is 0 Å². The molecule has 3 saturated carbocycles. The zero-order valence-electron chi connectivity index (χ0n) is 14.1. The van der Waals surface area contributed by atoms with E-state index in [0.717, 1.165) is 0 Å². The van der Waals surface area contributed by atoms with E-state index in [-0.39, 0.29) is 0 Å². The van der Waals surface area contributed by atoms with Gasteiger partial charge in [0.1, 0.15) is 0 Å². The van der Waals surface area contributed by atoms with Gasteiger partial charge in [0.05, 0.1) is 0 Å². The second kappa shape index (κ2) is 10.8. The molecule has 0 N–H and O–H groups in total. The average Bonchev–Trinajstić information content (AvgIpc) is 2.60. The molecule has 127 valence electrons. The molecule has 0 nitrogen and oxygen atoms in total. The van der Waals surface area contributed by atoms with Gasteiger partial charge in [-0.2, -0.15) is 0 Å². The van der Waals surface area contributed by atoms with Crippen LogP contribution in [0.3, 0.4) is 0 Å². The molecule has 0 aromatic carbocycles. The molecule has 0 bridgehead atoms. The number of hydrogen-bond donors (Lipinski definition) is 0. The van der Waals surface area contributed by atoms with Crippen LogP contribution in [0.1, 0.15) is 96.3 Å². The molecule has 0 amide bonds. The van der Waals surface area contributed by atoms with Crippen LogP contribution in [0.2, 0.25) is 5.40 Å². The van der Waals surface area contributed by atoms with Crippen LogP contribution in [-0.4, -0.2) is 17.0 Å². The van der Waals surface area contributed by atoms with Gasteiger partial charge in [0.25, 0.3) is 0 Å². The van der Waals surface area contributed by atoms with E-state index in [0.29, 0.717) is 7.92 Å². The molecule has 3 fully saturated rings. The van der Waals surface area contributed by atoms with Gasteiger partial charge in [0, 0.05) is 0 Å². The Morgan fingerprint density at radius 2 is 0.714 bits per heavy atom. The summed E-state index contributed by atoms with van der Waals surface area (Å²) < 4.78 is 0. The Bertz CT molecular complexity index is 207. The van der Waals surface area contributed by atoms with E-state index in [4.69, 9.17) is 0 Å². The third-order valence-electron chi connectivity index (χ3n) is 5.99. The molecular formula is C19H36PPd. The van der Waals surface area contributed by atoms with Gasteiger partial charge in [0.15, 0.2) is 0 Å². The molecule has 21 heavy (non-hydrogen) atoms. The molecule has 0 saturated heterocycles. The van der Waals surface area contributed by atoms with Crippen molar-refractivity contribution in [3.63, 3.8) is 0 Å². The maximum absolute atomic E-state index is 2.75. The summed E-state index contributed by atoms with van der Waals surface area (Å²) in [4.78, 5) is 0. The Hall–Kier alpha value is 1.09. The normalized spacial score (nSPS) is 26.5. The van der Waals surface area contributed by atoms with Gasteiger partial charge in [-0.3, -0.25) is 0 Å². The summed E-state index contributed by atoms with van der Waals surface area (Å²) in [6, 6.07) is 0. The Kier molecular flexibility index (Phi) is 9.47. The van der Waals surface area contributed by atoms with E-state index in [1.807, 2.05) is 5.40 Å². The summed E-state index contributed by atoms with van der Waals surface area (Å²) in [5.41, 5.74) is 3.57. The van der Waals surface area contributed by atoms with Crippen LogP contribution in [0.25, 0.3) is 0 Å². The third-order valence-corrected chi connectivity index (χ3v) is 10.1. The maximum atomic E-state index is 2.75. The standard InChI is InChI=1S/C18H33P.CH3.Pd/c1-4-10-16(11-5-1)19(17-12-6-2-7-13-17)18-14-8-3-9-15-18;;/h16-18H,1-15H2;1H3;. The van der Waals surface area contributed by atoms with Crippen molar-refractivity contribution in [2.45, 2.75) is 119 Å². The SMILES string of the molecule is C1CCC(P(C2CCCCC2)C2CCCCC2)CC1.[CH3][Pd]. The molecule has 0 spiro atoms. The van der Waals surface area contributed by atoms with E-state index in [9.17, 15) is 0 Å². The molecular weight excluding hydrogens is 366 g/mol. The Balaban J connectivity index is 0.000000774. The summed E-state index contributed by atoms with van der Waals surface area (Å²) in [5.74, 6) is 0. The molecule has 3 aliphatic carbocycles. The van der Waals surface area contributed by atoms with Crippen molar-refractivity contribution in [2.24, 2.45) is 0 Å². The third kappa shape index (κ3) is 5.59.